The Bertz CT molecular complexity index is 125. The molecule has 1 heterocycles. The van der Waals surface area contributed by atoms with E-state index in [4.69, 9.17) is 0 Å². The Morgan fingerprint density at radius 3 is 3.09 bits per heavy atom. The summed E-state index contributed by atoms with van der Waals surface area (Å²) in [6.07, 6.45) is 9.53. The van der Waals surface area contributed by atoms with Gasteiger partial charge in [-0.1, -0.05) is 0 Å². The summed E-state index contributed by atoms with van der Waals surface area (Å²) in [7, 11) is 0. The molecule has 0 radical (unpaired) electrons. The molecule has 0 fully saturated rings. The van der Waals surface area contributed by atoms with Crippen LogP contribution in [0.1, 0.15) is 12.8 Å². The fraction of sp³-hybridized carbons (Fsp3) is 0.429. The van der Waals surface area contributed by atoms with Gasteiger partial charge in [0.1, 0.15) is 0 Å². The molecule has 0 atom stereocenters. The number of hydrogen-bond acceptors (Lipinski definition) is 0. The van der Waals surface area contributed by atoms with Gasteiger partial charge in [0.05, 0.1) is 0 Å². The van der Waals surface area contributed by atoms with Gasteiger partial charge >= 0.3 is 90.2 Å². The van der Waals surface area contributed by atoms with Crippen LogP contribution in [0.2, 0.25) is 5.32 Å². The third-order valence-electron chi connectivity index (χ3n) is 1.09. The van der Waals surface area contributed by atoms with Crippen LogP contribution in [0.3, 0.4) is 0 Å². The van der Waals surface area contributed by atoms with Gasteiger partial charge in [0.15, 0.2) is 0 Å². The van der Waals surface area contributed by atoms with Crippen LogP contribution in [0.4, 0.5) is 0 Å². The first-order chi connectivity index (χ1) is 5.50. The van der Waals surface area contributed by atoms with Gasteiger partial charge in [-0.25, -0.2) is 0 Å². The molecule has 0 saturated carbocycles. The van der Waals surface area contributed by atoms with Gasteiger partial charge in [0.2, 0.25) is 0 Å². The van der Waals surface area contributed by atoms with Crippen molar-refractivity contribution < 1.29 is 0 Å². The molecular weight excluding hydrogens is 400 g/mol. The Labute approximate surface area is 89.3 Å². The topological polar surface area (TPSA) is 0 Å². The van der Waals surface area contributed by atoms with Crippen molar-refractivity contribution in [3.8, 4) is 0 Å². The Morgan fingerprint density at radius 1 is 1.09 bits per heavy atom. The minimum atomic E-state index is 0.878. The molecular formula is C7H10Se4. The zero-order valence-electron chi connectivity index (χ0n) is 6.06. The standard InChI is InChI=1S/C7H10Se4/c1-2-4-6-8-10-11-9-7-5-3-1/h1-2,4,6H,3,5,7H2. The van der Waals surface area contributed by atoms with Crippen molar-refractivity contribution in [2.75, 3.05) is 0 Å². The zero-order chi connectivity index (χ0) is 7.78. The van der Waals surface area contributed by atoms with Crippen molar-refractivity contribution >= 4 is 48.9 Å². The molecule has 0 amide bonds. The van der Waals surface area contributed by atoms with Gasteiger partial charge in [0, 0.05) is 0 Å². The van der Waals surface area contributed by atoms with E-state index in [2.05, 4.69) is 23.2 Å². The molecule has 4 heteroatoms. The fourth-order valence-corrected chi connectivity index (χ4v) is 37.4. The van der Waals surface area contributed by atoms with E-state index in [-0.39, 0.29) is 0 Å². The summed E-state index contributed by atoms with van der Waals surface area (Å²) in [5.41, 5.74) is 0. The van der Waals surface area contributed by atoms with Crippen molar-refractivity contribution in [2.24, 2.45) is 0 Å². The molecule has 11 heavy (non-hydrogen) atoms. The molecule has 0 N–H and O–H groups in total. The number of hydrogen-bond donors (Lipinski definition) is 0. The first-order valence-electron chi connectivity index (χ1n) is 3.43. The second kappa shape index (κ2) is 8.17. The number of rotatable bonds is 0. The number of allylic oxidation sites excluding steroid dienone is 3. The molecule has 0 aromatic heterocycles. The predicted octanol–water partition coefficient (Wildman–Crippen LogP) is 0.830. The first-order valence-corrected chi connectivity index (χ1v) is 18.6. The summed E-state index contributed by atoms with van der Waals surface area (Å²) in [4.78, 5) is 2.40. The second-order valence-electron chi connectivity index (χ2n) is 1.95. The predicted molar refractivity (Wildman–Crippen MR) is 55.3 cm³/mol. The SMILES string of the molecule is C1=CCCC[Se][Se][Se][Se]C=C1. The molecule has 0 aromatic rings. The van der Waals surface area contributed by atoms with Crippen LogP contribution >= 0.6 is 0 Å². The fourth-order valence-electron chi connectivity index (χ4n) is 0.605. The Morgan fingerprint density at radius 2 is 2.09 bits per heavy atom. The normalized spacial score (nSPS) is 21.1. The molecule has 0 aromatic carbocycles. The average Bonchev–Trinajstić information content (AvgIpc) is 2.08. The molecule has 0 unspecified atom stereocenters. The minimum absolute atomic E-state index is 0.878. The van der Waals surface area contributed by atoms with Crippen molar-refractivity contribution in [2.45, 2.75) is 18.2 Å². The molecule has 0 nitrogen and oxygen atoms in total. The van der Waals surface area contributed by atoms with E-state index in [1.54, 1.807) is 0 Å². The van der Waals surface area contributed by atoms with Crippen LogP contribution in [0, 0.1) is 0 Å². The van der Waals surface area contributed by atoms with Gasteiger partial charge in [-0.3, -0.25) is 0 Å². The molecule has 1 rings (SSSR count). The van der Waals surface area contributed by atoms with E-state index < -0.39 is 0 Å². The summed E-state index contributed by atoms with van der Waals surface area (Å²) in [5.74, 6) is 0. The Hall–Kier alpha value is 1.56. The Kier molecular flexibility index (Phi) is 7.90. The quantitative estimate of drug-likeness (QED) is 0.520. The third kappa shape index (κ3) is 6.70. The summed E-state index contributed by atoms with van der Waals surface area (Å²) in [6.45, 7) is 0. The monoisotopic (exact) mass is 414 g/mol. The molecule has 0 aliphatic carbocycles. The Balaban J connectivity index is 2.22. The van der Waals surface area contributed by atoms with E-state index >= 15 is 0 Å². The van der Waals surface area contributed by atoms with Gasteiger partial charge < -0.3 is 0 Å². The summed E-state index contributed by atoms with van der Waals surface area (Å²) in [5, 5.41) is 1.54. The van der Waals surface area contributed by atoms with Crippen LogP contribution in [0.15, 0.2) is 23.2 Å². The van der Waals surface area contributed by atoms with Crippen LogP contribution in [0.25, 0.3) is 0 Å². The van der Waals surface area contributed by atoms with E-state index in [9.17, 15) is 0 Å². The molecule has 62 valence electrons. The first kappa shape index (κ1) is 10.6. The second-order valence-corrected chi connectivity index (χ2v) is 27.9. The van der Waals surface area contributed by atoms with Crippen LogP contribution in [-0.2, 0) is 0 Å². The average molecular weight is 410 g/mol. The summed E-state index contributed by atoms with van der Waals surface area (Å²) in [6, 6.07) is 0. The van der Waals surface area contributed by atoms with Crippen molar-refractivity contribution in [3.63, 3.8) is 0 Å². The summed E-state index contributed by atoms with van der Waals surface area (Å²) < 4.78 is 0. The van der Waals surface area contributed by atoms with Gasteiger partial charge in [-0.05, 0) is 0 Å². The van der Waals surface area contributed by atoms with Crippen LogP contribution in [-0.4, -0.2) is 48.9 Å². The van der Waals surface area contributed by atoms with Crippen LogP contribution in [0.5, 0.6) is 0 Å². The van der Waals surface area contributed by atoms with E-state index in [0.717, 1.165) is 48.9 Å². The van der Waals surface area contributed by atoms with Crippen molar-refractivity contribution in [3.05, 3.63) is 23.2 Å². The van der Waals surface area contributed by atoms with Gasteiger partial charge in [-0.15, -0.1) is 0 Å². The molecule has 0 saturated heterocycles. The van der Waals surface area contributed by atoms with Crippen molar-refractivity contribution in [1.29, 1.82) is 0 Å². The summed E-state index contributed by atoms with van der Waals surface area (Å²) >= 11 is 4.04. The molecule has 0 spiro atoms. The van der Waals surface area contributed by atoms with E-state index in [1.165, 1.54) is 18.2 Å². The van der Waals surface area contributed by atoms with Gasteiger partial charge in [0.25, 0.3) is 0 Å². The molecule has 1 aliphatic rings. The van der Waals surface area contributed by atoms with Crippen LogP contribution < -0.4 is 0 Å². The molecule has 0 bridgehead atoms. The maximum atomic E-state index is 2.40. The van der Waals surface area contributed by atoms with Crippen molar-refractivity contribution in [1.82, 2.24) is 0 Å². The van der Waals surface area contributed by atoms with E-state index in [0.29, 0.717) is 0 Å². The van der Waals surface area contributed by atoms with E-state index in [1.807, 2.05) is 0 Å². The zero-order valence-corrected chi connectivity index (χ0v) is 12.9. The third-order valence-corrected chi connectivity index (χ3v) is 38.0. The van der Waals surface area contributed by atoms with Gasteiger partial charge in [-0.2, -0.15) is 0 Å². The maximum absolute atomic E-state index is 2.40. The molecule has 1 aliphatic heterocycles.